The normalized spacial score (nSPS) is 31.3. The highest BCUT2D eigenvalue weighted by Gasteiger charge is 2.61. The molecule has 1 aliphatic carbocycles. The van der Waals surface area contributed by atoms with Gasteiger partial charge in [0.2, 0.25) is 0 Å². The lowest BCUT2D eigenvalue weighted by Gasteiger charge is -1.98. The minimum absolute atomic E-state index is 0.0562. The summed E-state index contributed by atoms with van der Waals surface area (Å²) in [7, 11) is 1.35. The minimum Gasteiger partial charge on any atom is -0.469 e. The SMILES string of the molecule is COC(=O)C1C(/C=C(/F)Br)C1(C)C. The van der Waals surface area contributed by atoms with Crippen LogP contribution in [0.2, 0.25) is 0 Å². The number of rotatable bonds is 2. The van der Waals surface area contributed by atoms with Gasteiger partial charge in [0.05, 0.1) is 13.0 Å². The van der Waals surface area contributed by atoms with Crippen LogP contribution in [0.15, 0.2) is 10.8 Å². The molecule has 1 rings (SSSR count). The van der Waals surface area contributed by atoms with Crippen molar-refractivity contribution < 1.29 is 13.9 Å². The molecule has 0 heterocycles. The van der Waals surface area contributed by atoms with Gasteiger partial charge >= 0.3 is 5.97 Å². The first-order valence-electron chi connectivity index (χ1n) is 4.02. The lowest BCUT2D eigenvalue weighted by molar-refractivity contribution is -0.143. The summed E-state index contributed by atoms with van der Waals surface area (Å²) in [4.78, 5) is 11.2. The maximum Gasteiger partial charge on any atom is 0.309 e. The zero-order valence-corrected chi connectivity index (χ0v) is 9.39. The van der Waals surface area contributed by atoms with E-state index in [2.05, 4.69) is 20.7 Å². The molecular formula is C9H12BrFO2. The van der Waals surface area contributed by atoms with E-state index in [4.69, 9.17) is 0 Å². The van der Waals surface area contributed by atoms with E-state index >= 15 is 0 Å². The van der Waals surface area contributed by atoms with Crippen LogP contribution in [0.5, 0.6) is 0 Å². The van der Waals surface area contributed by atoms with Crippen molar-refractivity contribution in [3.63, 3.8) is 0 Å². The molecule has 2 nitrogen and oxygen atoms in total. The minimum atomic E-state index is -0.419. The summed E-state index contributed by atoms with van der Waals surface area (Å²) < 4.78 is 16.7. The van der Waals surface area contributed by atoms with E-state index in [0.29, 0.717) is 0 Å². The Morgan fingerprint density at radius 1 is 1.62 bits per heavy atom. The van der Waals surface area contributed by atoms with Crippen molar-refractivity contribution in [2.75, 3.05) is 7.11 Å². The molecule has 0 aliphatic heterocycles. The summed E-state index contributed by atoms with van der Waals surface area (Å²) in [5.41, 5.74) is -0.182. The first-order valence-corrected chi connectivity index (χ1v) is 4.81. The predicted octanol–water partition coefficient (Wildman–Crippen LogP) is 2.64. The summed E-state index contributed by atoms with van der Waals surface area (Å²) >= 11 is 2.71. The Morgan fingerprint density at radius 2 is 2.15 bits per heavy atom. The predicted molar refractivity (Wildman–Crippen MR) is 50.9 cm³/mol. The van der Waals surface area contributed by atoms with Crippen molar-refractivity contribution in [2.45, 2.75) is 13.8 Å². The van der Waals surface area contributed by atoms with Crippen LogP contribution >= 0.6 is 15.9 Å². The van der Waals surface area contributed by atoms with Crippen molar-refractivity contribution in [2.24, 2.45) is 17.3 Å². The maximum absolute atomic E-state index is 12.5. The fourth-order valence-electron chi connectivity index (χ4n) is 1.70. The number of methoxy groups -OCH3 is 1. The van der Waals surface area contributed by atoms with Crippen molar-refractivity contribution in [1.82, 2.24) is 0 Å². The number of halogens is 2. The third-order valence-electron chi connectivity index (χ3n) is 2.67. The van der Waals surface area contributed by atoms with Gasteiger partial charge in [-0.25, -0.2) is 0 Å². The van der Waals surface area contributed by atoms with Crippen molar-refractivity contribution >= 4 is 21.9 Å². The van der Waals surface area contributed by atoms with Crippen molar-refractivity contribution in [3.8, 4) is 0 Å². The second-order valence-corrected chi connectivity index (χ2v) is 4.56. The number of allylic oxidation sites excluding steroid dienone is 1. The lowest BCUT2D eigenvalue weighted by atomic mass is 10.1. The highest BCUT2D eigenvalue weighted by Crippen LogP contribution is 2.60. The molecule has 2 unspecified atom stereocenters. The number of hydrogen-bond acceptors (Lipinski definition) is 2. The molecule has 0 amide bonds. The van der Waals surface area contributed by atoms with Gasteiger partial charge in [-0.05, 0) is 27.4 Å². The van der Waals surface area contributed by atoms with Crippen molar-refractivity contribution in [3.05, 3.63) is 10.8 Å². The van der Waals surface area contributed by atoms with E-state index in [1.54, 1.807) is 0 Å². The molecule has 0 bridgehead atoms. The molecule has 0 spiro atoms. The van der Waals surface area contributed by atoms with Gasteiger partial charge < -0.3 is 4.74 Å². The Hall–Kier alpha value is -0.380. The third kappa shape index (κ3) is 1.93. The summed E-state index contributed by atoms with van der Waals surface area (Å²) in [6.07, 6.45) is 1.42. The Balaban J connectivity index is 2.72. The van der Waals surface area contributed by atoms with Gasteiger partial charge in [0.15, 0.2) is 4.74 Å². The number of esters is 1. The van der Waals surface area contributed by atoms with Crippen LogP contribution in [0.4, 0.5) is 4.39 Å². The third-order valence-corrected chi connectivity index (χ3v) is 2.94. The molecule has 1 fully saturated rings. The van der Waals surface area contributed by atoms with Crippen LogP contribution < -0.4 is 0 Å². The first kappa shape index (κ1) is 10.7. The highest BCUT2D eigenvalue weighted by molar-refractivity contribution is 9.11. The average molecular weight is 251 g/mol. The standard InChI is InChI=1S/C9H12BrFO2/c1-9(2)5(4-6(10)11)7(9)8(12)13-3/h4-5,7H,1-3H3/b6-4+. The molecule has 2 atom stereocenters. The van der Waals surface area contributed by atoms with Gasteiger partial charge in [-0.2, -0.15) is 4.39 Å². The average Bonchev–Trinajstić information content (AvgIpc) is 2.51. The Labute approximate surface area is 85.3 Å². The molecule has 74 valence electrons. The van der Waals surface area contributed by atoms with E-state index in [9.17, 15) is 9.18 Å². The molecule has 0 aromatic carbocycles. The Morgan fingerprint density at radius 3 is 2.54 bits per heavy atom. The van der Waals surface area contributed by atoms with Gasteiger partial charge in [-0.1, -0.05) is 13.8 Å². The van der Waals surface area contributed by atoms with Gasteiger partial charge in [-0.3, -0.25) is 4.79 Å². The summed E-state index contributed by atoms with van der Waals surface area (Å²) in [6.45, 7) is 3.84. The van der Waals surface area contributed by atoms with Crippen LogP contribution in [0.3, 0.4) is 0 Å². The van der Waals surface area contributed by atoms with E-state index in [-0.39, 0.29) is 23.2 Å². The van der Waals surface area contributed by atoms with Gasteiger partial charge in [0.1, 0.15) is 0 Å². The smallest absolute Gasteiger partial charge is 0.309 e. The van der Waals surface area contributed by atoms with Gasteiger partial charge in [-0.15, -0.1) is 0 Å². The number of ether oxygens (including phenoxy) is 1. The molecule has 13 heavy (non-hydrogen) atoms. The molecule has 0 aromatic rings. The monoisotopic (exact) mass is 250 g/mol. The van der Waals surface area contributed by atoms with E-state index in [1.165, 1.54) is 13.2 Å². The van der Waals surface area contributed by atoms with E-state index in [1.807, 2.05) is 13.8 Å². The van der Waals surface area contributed by atoms with Crippen LogP contribution in [0.25, 0.3) is 0 Å². The van der Waals surface area contributed by atoms with Crippen LogP contribution in [0, 0.1) is 17.3 Å². The van der Waals surface area contributed by atoms with E-state index in [0.717, 1.165) is 0 Å². The molecule has 1 saturated carbocycles. The maximum atomic E-state index is 12.5. The van der Waals surface area contributed by atoms with Crippen LogP contribution in [-0.4, -0.2) is 13.1 Å². The Bertz CT molecular complexity index is 256. The largest absolute Gasteiger partial charge is 0.469 e. The number of hydrogen-bond donors (Lipinski definition) is 0. The fraction of sp³-hybridized carbons (Fsp3) is 0.667. The molecule has 0 saturated heterocycles. The molecular weight excluding hydrogens is 239 g/mol. The zero-order valence-electron chi connectivity index (χ0n) is 7.80. The summed E-state index contributed by atoms with van der Waals surface area (Å²) in [5.74, 6) is -0.528. The first-order chi connectivity index (χ1) is 5.91. The van der Waals surface area contributed by atoms with Gasteiger partial charge in [0.25, 0.3) is 0 Å². The fourth-order valence-corrected chi connectivity index (χ4v) is 1.99. The molecule has 0 N–H and O–H groups in total. The van der Waals surface area contributed by atoms with Crippen LogP contribution in [0.1, 0.15) is 13.8 Å². The number of carbonyl (C=O) groups excluding carboxylic acids is 1. The quantitative estimate of drug-likeness (QED) is 0.705. The molecule has 0 aromatic heterocycles. The molecule has 0 radical (unpaired) electrons. The topological polar surface area (TPSA) is 26.3 Å². The number of carbonyl (C=O) groups is 1. The summed E-state index contributed by atoms with van der Waals surface area (Å²) in [6, 6.07) is 0. The zero-order chi connectivity index (χ0) is 10.2. The summed E-state index contributed by atoms with van der Waals surface area (Å²) in [5, 5.41) is 0. The second-order valence-electron chi connectivity index (χ2n) is 3.80. The Kier molecular flexibility index (Phi) is 2.80. The second kappa shape index (κ2) is 3.40. The highest BCUT2D eigenvalue weighted by atomic mass is 79.9. The van der Waals surface area contributed by atoms with Crippen LogP contribution in [-0.2, 0) is 9.53 Å². The molecule has 4 heteroatoms. The van der Waals surface area contributed by atoms with Crippen molar-refractivity contribution in [1.29, 1.82) is 0 Å². The molecule has 1 aliphatic rings. The van der Waals surface area contributed by atoms with E-state index < -0.39 is 4.74 Å². The van der Waals surface area contributed by atoms with Gasteiger partial charge in [0, 0.05) is 5.92 Å². The lowest BCUT2D eigenvalue weighted by Crippen LogP contribution is -2.07.